The largest absolute Gasteiger partial charge is 0.482 e. The lowest BCUT2D eigenvalue weighted by atomic mass is 10.0. The lowest BCUT2D eigenvalue weighted by Crippen LogP contribution is -2.51. The molecule has 0 radical (unpaired) electrons. The summed E-state index contributed by atoms with van der Waals surface area (Å²) in [6.45, 7) is 4.33. The number of nitrogens with zero attached hydrogens (tertiary/aromatic N) is 1. The normalized spacial score (nSPS) is 11.5. The number of carbonyl (C=O) groups is 2. The van der Waals surface area contributed by atoms with Crippen LogP contribution < -0.4 is 10.1 Å². The number of rotatable bonds is 10. The third kappa shape index (κ3) is 7.24. The van der Waals surface area contributed by atoms with Crippen molar-refractivity contribution in [1.82, 2.24) is 10.2 Å². The van der Waals surface area contributed by atoms with Gasteiger partial charge in [0.2, 0.25) is 5.91 Å². The minimum Gasteiger partial charge on any atom is -0.482 e. The van der Waals surface area contributed by atoms with Gasteiger partial charge < -0.3 is 15.0 Å². The summed E-state index contributed by atoms with van der Waals surface area (Å²) in [5, 5.41) is 3.67. The molecule has 1 unspecified atom stereocenters. The van der Waals surface area contributed by atoms with Crippen LogP contribution in [0, 0.1) is 6.92 Å². The highest BCUT2D eigenvalue weighted by Crippen LogP contribution is 2.27. The van der Waals surface area contributed by atoms with Gasteiger partial charge in [0.15, 0.2) is 6.61 Å². The quantitative estimate of drug-likeness (QED) is 0.403. The average Bonchev–Trinajstić information content (AvgIpc) is 2.82. The number of ether oxygens (including phenoxy) is 1. The fourth-order valence-electron chi connectivity index (χ4n) is 3.55. The van der Waals surface area contributed by atoms with E-state index in [2.05, 4.69) is 5.32 Å². The van der Waals surface area contributed by atoms with E-state index in [4.69, 9.17) is 27.9 Å². The predicted molar refractivity (Wildman–Crippen MR) is 136 cm³/mol. The lowest BCUT2D eigenvalue weighted by Gasteiger charge is -2.31. The molecule has 0 spiro atoms. The molecule has 0 saturated carbocycles. The van der Waals surface area contributed by atoms with Crippen LogP contribution in [0.3, 0.4) is 0 Å². The van der Waals surface area contributed by atoms with Crippen LogP contribution in [0.5, 0.6) is 5.75 Å². The minimum atomic E-state index is -0.708. The first kappa shape index (κ1) is 25.6. The van der Waals surface area contributed by atoms with Gasteiger partial charge in [0, 0.05) is 24.5 Å². The van der Waals surface area contributed by atoms with Crippen LogP contribution >= 0.6 is 23.2 Å². The lowest BCUT2D eigenvalue weighted by molar-refractivity contribution is -0.142. The van der Waals surface area contributed by atoms with Gasteiger partial charge in [-0.25, -0.2) is 0 Å². The average molecular weight is 499 g/mol. The molecule has 0 heterocycles. The molecule has 0 bridgehead atoms. The van der Waals surface area contributed by atoms with Crippen molar-refractivity contribution in [2.24, 2.45) is 0 Å². The zero-order valence-electron chi connectivity index (χ0n) is 19.3. The van der Waals surface area contributed by atoms with Crippen molar-refractivity contribution >= 4 is 35.0 Å². The van der Waals surface area contributed by atoms with Crippen LogP contribution in [-0.4, -0.2) is 35.9 Å². The van der Waals surface area contributed by atoms with Crippen molar-refractivity contribution in [3.63, 3.8) is 0 Å². The van der Waals surface area contributed by atoms with Crippen molar-refractivity contribution in [2.45, 2.75) is 32.9 Å². The molecule has 1 N–H and O–H groups in total. The highest BCUT2D eigenvalue weighted by Gasteiger charge is 2.30. The van der Waals surface area contributed by atoms with Crippen molar-refractivity contribution in [2.75, 3.05) is 13.2 Å². The van der Waals surface area contributed by atoms with E-state index in [0.717, 1.165) is 16.7 Å². The van der Waals surface area contributed by atoms with E-state index < -0.39 is 6.04 Å². The van der Waals surface area contributed by atoms with Crippen LogP contribution in [0.4, 0.5) is 0 Å². The van der Waals surface area contributed by atoms with Gasteiger partial charge in [-0.15, -0.1) is 0 Å². The van der Waals surface area contributed by atoms with E-state index >= 15 is 0 Å². The summed E-state index contributed by atoms with van der Waals surface area (Å²) < 4.78 is 5.72. The fraction of sp³-hybridized carbons (Fsp3) is 0.259. The molecule has 0 saturated heterocycles. The van der Waals surface area contributed by atoms with Gasteiger partial charge in [0.05, 0.1) is 5.02 Å². The molecule has 1 atom stereocenters. The van der Waals surface area contributed by atoms with E-state index in [1.54, 1.807) is 23.1 Å². The Morgan fingerprint density at radius 3 is 2.32 bits per heavy atom. The molecule has 7 heteroatoms. The van der Waals surface area contributed by atoms with Gasteiger partial charge in [0.25, 0.3) is 5.91 Å². The number of likely N-dealkylation sites (N-methyl/N-ethyl adjacent to an activating group) is 1. The van der Waals surface area contributed by atoms with Gasteiger partial charge in [0.1, 0.15) is 11.8 Å². The Balaban J connectivity index is 1.89. The molecule has 0 fully saturated rings. The molecular weight excluding hydrogens is 471 g/mol. The first-order valence-electron chi connectivity index (χ1n) is 11.1. The second-order valence-corrected chi connectivity index (χ2v) is 8.81. The van der Waals surface area contributed by atoms with E-state index in [0.29, 0.717) is 28.8 Å². The Bertz CT molecular complexity index is 1100. The number of nitrogens with one attached hydrogen (secondary N) is 1. The monoisotopic (exact) mass is 498 g/mol. The molecule has 5 nitrogen and oxygen atoms in total. The summed E-state index contributed by atoms with van der Waals surface area (Å²) in [4.78, 5) is 28.2. The number of hydrogen-bond acceptors (Lipinski definition) is 3. The second-order valence-electron chi connectivity index (χ2n) is 7.97. The van der Waals surface area contributed by atoms with Crippen LogP contribution in [0.1, 0.15) is 23.6 Å². The van der Waals surface area contributed by atoms with Gasteiger partial charge in [-0.3, -0.25) is 9.59 Å². The molecule has 3 rings (SSSR count). The third-order valence-corrected chi connectivity index (χ3v) is 5.87. The van der Waals surface area contributed by atoms with Crippen LogP contribution in [-0.2, 0) is 22.6 Å². The number of carbonyl (C=O) groups excluding carboxylic acids is 2. The number of halogens is 2. The maximum atomic E-state index is 13.5. The Kier molecular flexibility index (Phi) is 9.37. The molecule has 0 aliphatic carbocycles. The van der Waals surface area contributed by atoms with E-state index in [-0.39, 0.29) is 25.0 Å². The maximum absolute atomic E-state index is 13.5. The summed E-state index contributed by atoms with van der Waals surface area (Å²) in [6, 6.07) is 21.7. The van der Waals surface area contributed by atoms with Crippen molar-refractivity contribution in [3.8, 4) is 5.75 Å². The first-order valence-corrected chi connectivity index (χ1v) is 11.9. The second kappa shape index (κ2) is 12.4. The summed E-state index contributed by atoms with van der Waals surface area (Å²) >= 11 is 12.2. The molecule has 0 aromatic heterocycles. The first-order chi connectivity index (χ1) is 16.4. The molecule has 3 aromatic rings. The Labute approximate surface area is 210 Å². The summed E-state index contributed by atoms with van der Waals surface area (Å²) in [6.07, 6.45) is 0.381. The zero-order valence-corrected chi connectivity index (χ0v) is 20.8. The minimum absolute atomic E-state index is 0.212. The fourth-order valence-corrected chi connectivity index (χ4v) is 4.01. The van der Waals surface area contributed by atoms with Gasteiger partial charge in [-0.05, 0) is 43.2 Å². The van der Waals surface area contributed by atoms with E-state index in [9.17, 15) is 9.59 Å². The Morgan fingerprint density at radius 2 is 1.68 bits per heavy atom. The van der Waals surface area contributed by atoms with Crippen LogP contribution in [0.15, 0.2) is 72.8 Å². The molecule has 0 aliphatic heterocycles. The van der Waals surface area contributed by atoms with E-state index in [1.807, 2.05) is 68.4 Å². The van der Waals surface area contributed by atoms with Crippen molar-refractivity contribution in [1.29, 1.82) is 0 Å². The van der Waals surface area contributed by atoms with Crippen molar-refractivity contribution < 1.29 is 14.3 Å². The summed E-state index contributed by atoms with van der Waals surface area (Å²) in [7, 11) is 0. The molecule has 34 heavy (non-hydrogen) atoms. The number of hydrogen-bond donors (Lipinski definition) is 1. The number of aryl methyl sites for hydroxylation is 1. The molecule has 3 aromatic carbocycles. The summed E-state index contributed by atoms with van der Waals surface area (Å²) in [5.41, 5.74) is 3.00. The Hall–Kier alpha value is -3.02. The maximum Gasteiger partial charge on any atom is 0.261 e. The van der Waals surface area contributed by atoms with E-state index in [1.165, 1.54) is 0 Å². The van der Waals surface area contributed by atoms with Crippen LogP contribution in [0.2, 0.25) is 10.0 Å². The van der Waals surface area contributed by atoms with Crippen LogP contribution in [0.25, 0.3) is 0 Å². The third-order valence-electron chi connectivity index (χ3n) is 5.34. The highest BCUT2D eigenvalue weighted by molar-refractivity contribution is 6.35. The topological polar surface area (TPSA) is 58.6 Å². The molecule has 178 valence electrons. The number of amides is 2. The van der Waals surface area contributed by atoms with Gasteiger partial charge in [-0.2, -0.15) is 0 Å². The molecule has 0 aliphatic rings. The van der Waals surface area contributed by atoms with Crippen molar-refractivity contribution in [3.05, 3.63) is 99.5 Å². The Morgan fingerprint density at radius 1 is 0.971 bits per heavy atom. The zero-order chi connectivity index (χ0) is 24.5. The van der Waals surface area contributed by atoms with Gasteiger partial charge in [-0.1, -0.05) is 83.4 Å². The predicted octanol–water partition coefficient (Wildman–Crippen LogP) is 5.46. The van der Waals surface area contributed by atoms with Gasteiger partial charge >= 0.3 is 0 Å². The number of benzene rings is 3. The smallest absolute Gasteiger partial charge is 0.261 e. The standard InChI is InChI=1S/C27H28Cl2N2O3/c1-3-30-27(33)24(15-20-7-5-4-6-8-20)31(17-21-11-9-19(2)10-12-21)26(32)18-34-25-14-13-22(28)16-23(25)29/h4-14,16,24H,3,15,17-18H2,1-2H3,(H,30,33). The molecular formula is C27H28Cl2N2O3. The highest BCUT2D eigenvalue weighted by atomic mass is 35.5. The summed E-state index contributed by atoms with van der Waals surface area (Å²) in [5.74, 6) is -0.178. The molecule has 2 amide bonds. The SMILES string of the molecule is CCNC(=O)C(Cc1ccccc1)N(Cc1ccc(C)cc1)C(=O)COc1ccc(Cl)cc1Cl.